The van der Waals surface area contributed by atoms with Crippen LogP contribution in [-0.4, -0.2) is 42.1 Å². The van der Waals surface area contributed by atoms with Crippen molar-refractivity contribution in [3.05, 3.63) is 40.1 Å². The number of ether oxygens (including phenoxy) is 1. The van der Waals surface area contributed by atoms with Crippen molar-refractivity contribution in [1.82, 2.24) is 15.3 Å². The maximum atomic E-state index is 12.3. The van der Waals surface area contributed by atoms with Gasteiger partial charge < -0.3 is 19.9 Å². The van der Waals surface area contributed by atoms with Crippen LogP contribution in [0.4, 0.5) is 5.82 Å². The third kappa shape index (κ3) is 3.72. The predicted octanol–water partition coefficient (Wildman–Crippen LogP) is 2.89. The standard InChI is InChI=1S/C17H21BrN4O2/c1-11-13(18)10-14(19-11)17(23)20-12-6-8-22(9-7-12)15-4-3-5-16(21-15)24-2/h3-5,10,12,19H,6-9H2,1-2H3,(H,20,23). The summed E-state index contributed by atoms with van der Waals surface area (Å²) in [6.45, 7) is 3.65. The van der Waals surface area contributed by atoms with Gasteiger partial charge in [0, 0.05) is 35.4 Å². The highest BCUT2D eigenvalue weighted by atomic mass is 79.9. The number of amides is 1. The Morgan fingerprint density at radius 2 is 2.17 bits per heavy atom. The van der Waals surface area contributed by atoms with E-state index in [1.54, 1.807) is 7.11 Å². The molecule has 128 valence electrons. The molecule has 1 aliphatic heterocycles. The van der Waals surface area contributed by atoms with Gasteiger partial charge in [-0.2, -0.15) is 4.98 Å². The zero-order valence-electron chi connectivity index (χ0n) is 13.8. The number of piperidine rings is 1. The largest absolute Gasteiger partial charge is 0.481 e. The fraction of sp³-hybridized carbons (Fsp3) is 0.412. The third-order valence-electron chi connectivity index (χ3n) is 4.27. The summed E-state index contributed by atoms with van der Waals surface area (Å²) in [5.74, 6) is 1.49. The Bertz CT molecular complexity index is 704. The van der Waals surface area contributed by atoms with Gasteiger partial charge in [-0.05, 0) is 47.8 Å². The van der Waals surface area contributed by atoms with Gasteiger partial charge in [-0.3, -0.25) is 4.79 Å². The maximum Gasteiger partial charge on any atom is 0.267 e. The Hall–Kier alpha value is -2.02. The molecule has 3 heterocycles. The average Bonchev–Trinajstić information content (AvgIpc) is 2.95. The number of hydrogen-bond donors (Lipinski definition) is 2. The molecular formula is C17H21BrN4O2. The Morgan fingerprint density at radius 3 is 2.79 bits per heavy atom. The Balaban J connectivity index is 1.56. The lowest BCUT2D eigenvalue weighted by atomic mass is 10.0. The summed E-state index contributed by atoms with van der Waals surface area (Å²) in [6, 6.07) is 7.77. The highest BCUT2D eigenvalue weighted by Crippen LogP contribution is 2.21. The molecule has 6 nitrogen and oxygen atoms in total. The van der Waals surface area contributed by atoms with E-state index < -0.39 is 0 Å². The third-order valence-corrected chi connectivity index (χ3v) is 5.09. The van der Waals surface area contributed by atoms with Gasteiger partial charge >= 0.3 is 0 Å². The molecule has 0 atom stereocenters. The molecule has 0 spiro atoms. The second-order valence-electron chi connectivity index (χ2n) is 5.93. The lowest BCUT2D eigenvalue weighted by Gasteiger charge is -2.33. The topological polar surface area (TPSA) is 70.2 Å². The van der Waals surface area contributed by atoms with Crippen LogP contribution in [0.3, 0.4) is 0 Å². The molecule has 2 aromatic heterocycles. The molecule has 1 saturated heterocycles. The molecule has 24 heavy (non-hydrogen) atoms. The number of hydrogen-bond acceptors (Lipinski definition) is 4. The first-order valence-electron chi connectivity index (χ1n) is 7.99. The van der Waals surface area contributed by atoms with Crippen molar-refractivity contribution in [2.75, 3.05) is 25.1 Å². The number of halogens is 1. The van der Waals surface area contributed by atoms with Crippen LogP contribution in [0.25, 0.3) is 0 Å². The van der Waals surface area contributed by atoms with Gasteiger partial charge in [0.1, 0.15) is 11.5 Å². The number of carbonyl (C=O) groups is 1. The summed E-state index contributed by atoms with van der Waals surface area (Å²) in [5.41, 5.74) is 1.55. The molecule has 1 fully saturated rings. The quantitative estimate of drug-likeness (QED) is 0.838. The number of pyridine rings is 1. The lowest BCUT2D eigenvalue weighted by Crippen LogP contribution is -2.45. The van der Waals surface area contributed by atoms with Crippen LogP contribution in [0.2, 0.25) is 0 Å². The van der Waals surface area contributed by atoms with E-state index in [1.165, 1.54) is 0 Å². The van der Waals surface area contributed by atoms with E-state index in [0.717, 1.165) is 41.9 Å². The zero-order valence-corrected chi connectivity index (χ0v) is 15.4. The Kier molecular flexibility index (Phi) is 5.08. The average molecular weight is 393 g/mol. The molecule has 0 bridgehead atoms. The van der Waals surface area contributed by atoms with E-state index >= 15 is 0 Å². The molecule has 2 aromatic rings. The molecule has 2 N–H and O–H groups in total. The first-order chi connectivity index (χ1) is 11.6. The summed E-state index contributed by atoms with van der Waals surface area (Å²) in [5, 5.41) is 3.11. The zero-order chi connectivity index (χ0) is 17.1. The second kappa shape index (κ2) is 7.25. The van der Waals surface area contributed by atoms with Crippen molar-refractivity contribution >= 4 is 27.7 Å². The number of rotatable bonds is 4. The summed E-state index contributed by atoms with van der Waals surface area (Å²) < 4.78 is 6.10. The number of aromatic nitrogens is 2. The van der Waals surface area contributed by atoms with Crippen LogP contribution in [0.1, 0.15) is 29.0 Å². The van der Waals surface area contributed by atoms with E-state index in [4.69, 9.17) is 4.74 Å². The minimum absolute atomic E-state index is 0.0539. The highest BCUT2D eigenvalue weighted by molar-refractivity contribution is 9.10. The van der Waals surface area contributed by atoms with Gasteiger partial charge in [0.25, 0.3) is 5.91 Å². The van der Waals surface area contributed by atoms with Crippen LogP contribution in [0, 0.1) is 6.92 Å². The van der Waals surface area contributed by atoms with E-state index in [-0.39, 0.29) is 11.9 Å². The van der Waals surface area contributed by atoms with Crippen LogP contribution in [0.5, 0.6) is 5.88 Å². The molecule has 1 aliphatic rings. The number of methoxy groups -OCH3 is 1. The molecule has 0 aromatic carbocycles. The molecular weight excluding hydrogens is 372 g/mol. The van der Waals surface area contributed by atoms with Gasteiger partial charge in [0.2, 0.25) is 5.88 Å². The molecule has 0 unspecified atom stereocenters. The Morgan fingerprint density at radius 1 is 1.42 bits per heavy atom. The minimum Gasteiger partial charge on any atom is -0.481 e. The number of H-pyrrole nitrogens is 1. The van der Waals surface area contributed by atoms with Crippen molar-refractivity contribution in [1.29, 1.82) is 0 Å². The lowest BCUT2D eigenvalue weighted by molar-refractivity contribution is 0.0926. The van der Waals surface area contributed by atoms with Gasteiger partial charge in [-0.25, -0.2) is 0 Å². The minimum atomic E-state index is -0.0539. The summed E-state index contributed by atoms with van der Waals surface area (Å²) in [6.07, 6.45) is 1.79. The van der Waals surface area contributed by atoms with Crippen molar-refractivity contribution in [2.45, 2.75) is 25.8 Å². The van der Waals surface area contributed by atoms with Gasteiger partial charge in [-0.15, -0.1) is 0 Å². The first kappa shape index (κ1) is 16.8. The SMILES string of the molecule is COc1cccc(N2CCC(NC(=O)c3cc(Br)c(C)[nH]3)CC2)n1. The van der Waals surface area contributed by atoms with Gasteiger partial charge in [-0.1, -0.05) is 6.07 Å². The normalized spacial score (nSPS) is 15.4. The fourth-order valence-electron chi connectivity index (χ4n) is 2.86. The molecule has 3 rings (SSSR count). The van der Waals surface area contributed by atoms with Gasteiger partial charge in [0.05, 0.1) is 7.11 Å². The summed E-state index contributed by atoms with van der Waals surface area (Å²) >= 11 is 3.42. The first-order valence-corrected chi connectivity index (χ1v) is 8.78. The van der Waals surface area contributed by atoms with Crippen LogP contribution < -0.4 is 15.0 Å². The summed E-state index contributed by atoms with van der Waals surface area (Å²) in [4.78, 5) is 22.1. The maximum absolute atomic E-state index is 12.3. The molecule has 1 amide bonds. The van der Waals surface area contributed by atoms with Crippen LogP contribution >= 0.6 is 15.9 Å². The number of nitrogens with one attached hydrogen (secondary N) is 2. The number of aryl methyl sites for hydroxylation is 1. The van der Waals surface area contributed by atoms with Crippen molar-refractivity contribution in [2.24, 2.45) is 0 Å². The van der Waals surface area contributed by atoms with Crippen LogP contribution in [0.15, 0.2) is 28.7 Å². The molecule has 0 aliphatic carbocycles. The number of anilines is 1. The Labute approximate surface area is 149 Å². The van der Waals surface area contributed by atoms with Crippen molar-refractivity contribution in [3.63, 3.8) is 0 Å². The number of nitrogens with zero attached hydrogens (tertiary/aromatic N) is 2. The predicted molar refractivity (Wildman–Crippen MR) is 96.7 cm³/mol. The van der Waals surface area contributed by atoms with E-state index in [9.17, 15) is 4.79 Å². The number of carbonyl (C=O) groups excluding carboxylic acids is 1. The van der Waals surface area contributed by atoms with Crippen LogP contribution in [-0.2, 0) is 0 Å². The highest BCUT2D eigenvalue weighted by Gasteiger charge is 2.22. The number of aromatic amines is 1. The molecule has 7 heteroatoms. The van der Waals surface area contributed by atoms with Gasteiger partial charge in [0.15, 0.2) is 0 Å². The monoisotopic (exact) mass is 392 g/mol. The molecule has 0 saturated carbocycles. The summed E-state index contributed by atoms with van der Waals surface area (Å²) in [7, 11) is 1.62. The van der Waals surface area contributed by atoms with E-state index in [0.29, 0.717) is 11.6 Å². The fourth-order valence-corrected chi connectivity index (χ4v) is 3.19. The van der Waals surface area contributed by atoms with E-state index in [1.807, 2.05) is 31.2 Å². The van der Waals surface area contributed by atoms with Crippen molar-refractivity contribution < 1.29 is 9.53 Å². The second-order valence-corrected chi connectivity index (χ2v) is 6.78. The van der Waals surface area contributed by atoms with Crippen molar-refractivity contribution in [3.8, 4) is 5.88 Å². The molecule has 0 radical (unpaired) electrons. The smallest absolute Gasteiger partial charge is 0.267 e. The van der Waals surface area contributed by atoms with E-state index in [2.05, 4.69) is 36.1 Å².